The van der Waals surface area contributed by atoms with E-state index in [1.165, 1.54) is 12.8 Å². The second-order valence-corrected chi connectivity index (χ2v) is 13.9. The second-order valence-electron chi connectivity index (χ2n) is 13.9. The largest absolute Gasteiger partial charge is 0.496 e. The molecule has 0 radical (unpaired) electrons. The molecular formula is C36H46N2O6. The lowest BCUT2D eigenvalue weighted by Crippen LogP contribution is -2.39. The molecule has 2 aliphatic carbocycles. The third-order valence-electron chi connectivity index (χ3n) is 9.01. The summed E-state index contributed by atoms with van der Waals surface area (Å²) < 4.78 is 25.2. The predicted octanol–water partition coefficient (Wildman–Crippen LogP) is 7.44. The molecule has 1 aliphatic heterocycles. The number of carbonyl (C=O) groups excluding carboxylic acids is 2. The van der Waals surface area contributed by atoms with Gasteiger partial charge in [0.1, 0.15) is 11.4 Å². The van der Waals surface area contributed by atoms with Crippen molar-refractivity contribution in [3.05, 3.63) is 64.8 Å². The van der Waals surface area contributed by atoms with Gasteiger partial charge in [0, 0.05) is 42.9 Å². The highest BCUT2D eigenvalue weighted by Gasteiger charge is 2.33. The van der Waals surface area contributed by atoms with Crippen LogP contribution in [0.15, 0.2) is 42.6 Å². The Kier molecular flexibility index (Phi) is 8.75. The molecule has 1 aromatic heterocycles. The van der Waals surface area contributed by atoms with Crippen molar-refractivity contribution in [2.75, 3.05) is 26.9 Å². The topological polar surface area (TPSA) is 79.2 Å². The van der Waals surface area contributed by atoms with Crippen LogP contribution in [0.2, 0.25) is 0 Å². The van der Waals surface area contributed by atoms with E-state index in [2.05, 4.69) is 17.0 Å². The summed E-state index contributed by atoms with van der Waals surface area (Å²) in [5.74, 6) is 1.80. The lowest BCUT2D eigenvalue weighted by molar-refractivity contribution is -0.0229. The van der Waals surface area contributed by atoms with Gasteiger partial charge in [-0.15, -0.1) is 0 Å². The molecule has 2 saturated carbocycles. The standard InChI is InChI=1S/C36H46N2O6/c1-23-18-32(41-5)30(29-15-17-38(33(23)29)35(40)44-36(2,3)4)20-37-16-14-28(42-21-24-6-7-24)19-31(37)26-10-12-27(13-11-26)34(39)43-22-25-8-9-25/h10-13,15,17-18,24-25,28,31H,6-9,14,16,19-22H2,1-5H3/t28-,31-/m0/s1. The summed E-state index contributed by atoms with van der Waals surface area (Å²) in [4.78, 5) is 28.2. The first-order valence-corrected chi connectivity index (χ1v) is 16.1. The normalized spacial score (nSPS) is 20.9. The van der Waals surface area contributed by atoms with Gasteiger partial charge >= 0.3 is 12.1 Å². The van der Waals surface area contributed by atoms with Crippen molar-refractivity contribution < 1.29 is 28.5 Å². The van der Waals surface area contributed by atoms with Crippen LogP contribution in [0.4, 0.5) is 4.79 Å². The van der Waals surface area contributed by atoms with Crippen molar-refractivity contribution in [3.8, 4) is 5.75 Å². The van der Waals surface area contributed by atoms with Gasteiger partial charge in [0.2, 0.25) is 0 Å². The van der Waals surface area contributed by atoms with Crippen LogP contribution in [-0.2, 0) is 20.8 Å². The SMILES string of the molecule is COc1cc(C)c2c(ccn2C(=O)OC(C)(C)C)c1CN1CC[C@H](OCC2CC2)C[C@H]1c1ccc(C(=O)OCC2CC2)cc1. The Balaban J connectivity index is 1.28. The van der Waals surface area contributed by atoms with Crippen LogP contribution in [-0.4, -0.2) is 60.1 Å². The molecule has 2 atom stereocenters. The fourth-order valence-electron chi connectivity index (χ4n) is 6.20. The Labute approximate surface area is 260 Å². The smallest absolute Gasteiger partial charge is 0.419 e. The Hall–Kier alpha value is -3.36. The molecule has 6 rings (SSSR count). The lowest BCUT2D eigenvalue weighted by Gasteiger charge is -2.40. The highest BCUT2D eigenvalue weighted by molar-refractivity contribution is 5.95. The summed E-state index contributed by atoms with van der Waals surface area (Å²) in [7, 11) is 1.70. The zero-order chi connectivity index (χ0) is 31.0. The molecule has 3 aliphatic rings. The van der Waals surface area contributed by atoms with Crippen LogP contribution >= 0.6 is 0 Å². The highest BCUT2D eigenvalue weighted by Crippen LogP contribution is 2.39. The van der Waals surface area contributed by atoms with E-state index in [0.29, 0.717) is 30.6 Å². The maximum atomic E-state index is 13.1. The van der Waals surface area contributed by atoms with E-state index in [1.807, 2.05) is 52.0 Å². The van der Waals surface area contributed by atoms with Crippen molar-refractivity contribution >= 4 is 23.0 Å². The number of carbonyl (C=O) groups is 2. The molecule has 0 bridgehead atoms. The molecule has 0 amide bonds. The van der Waals surface area contributed by atoms with Crippen molar-refractivity contribution in [3.63, 3.8) is 0 Å². The predicted molar refractivity (Wildman–Crippen MR) is 169 cm³/mol. The molecule has 0 N–H and O–H groups in total. The maximum absolute atomic E-state index is 13.1. The van der Waals surface area contributed by atoms with E-state index in [0.717, 1.165) is 72.2 Å². The van der Waals surface area contributed by atoms with Gasteiger partial charge in [-0.25, -0.2) is 9.59 Å². The van der Waals surface area contributed by atoms with E-state index in [9.17, 15) is 9.59 Å². The second kappa shape index (κ2) is 12.6. The van der Waals surface area contributed by atoms with Gasteiger partial charge in [-0.2, -0.15) is 0 Å². The Bertz CT molecular complexity index is 1500. The first-order chi connectivity index (χ1) is 21.1. The number of nitrogens with zero attached hydrogens (tertiary/aromatic N) is 2. The summed E-state index contributed by atoms with van der Waals surface area (Å²) >= 11 is 0. The van der Waals surface area contributed by atoms with Crippen LogP contribution in [0.3, 0.4) is 0 Å². The average Bonchev–Trinajstić information content (AvgIpc) is 3.94. The van der Waals surface area contributed by atoms with Crippen LogP contribution in [0.25, 0.3) is 10.9 Å². The van der Waals surface area contributed by atoms with Gasteiger partial charge in [-0.3, -0.25) is 9.47 Å². The molecule has 2 aromatic carbocycles. The third-order valence-corrected chi connectivity index (χ3v) is 9.01. The van der Waals surface area contributed by atoms with Crippen molar-refractivity contribution in [2.45, 2.75) is 90.5 Å². The minimum absolute atomic E-state index is 0.0958. The molecule has 2 heterocycles. The Morgan fingerprint density at radius 3 is 2.32 bits per heavy atom. The molecule has 3 fully saturated rings. The molecular weight excluding hydrogens is 556 g/mol. The number of hydrogen-bond donors (Lipinski definition) is 0. The Morgan fingerprint density at radius 1 is 0.955 bits per heavy atom. The number of benzene rings is 2. The van der Waals surface area contributed by atoms with E-state index >= 15 is 0 Å². The average molecular weight is 603 g/mol. The number of ether oxygens (including phenoxy) is 4. The zero-order valence-corrected chi connectivity index (χ0v) is 26.8. The van der Waals surface area contributed by atoms with Crippen LogP contribution in [0.1, 0.15) is 92.4 Å². The van der Waals surface area contributed by atoms with E-state index in [-0.39, 0.29) is 18.1 Å². The van der Waals surface area contributed by atoms with Gasteiger partial charge in [0.25, 0.3) is 0 Å². The van der Waals surface area contributed by atoms with Crippen molar-refractivity contribution in [1.82, 2.24) is 9.47 Å². The molecule has 0 spiro atoms. The molecule has 8 heteroatoms. The van der Waals surface area contributed by atoms with Crippen LogP contribution < -0.4 is 4.74 Å². The van der Waals surface area contributed by atoms with Gasteiger partial charge < -0.3 is 18.9 Å². The molecule has 3 aromatic rings. The first-order valence-electron chi connectivity index (χ1n) is 16.1. The summed E-state index contributed by atoms with van der Waals surface area (Å²) in [6.45, 7) is 10.5. The fourth-order valence-corrected chi connectivity index (χ4v) is 6.20. The highest BCUT2D eigenvalue weighted by atomic mass is 16.6. The number of likely N-dealkylation sites (tertiary alicyclic amines) is 1. The van der Waals surface area contributed by atoms with E-state index in [1.54, 1.807) is 17.9 Å². The van der Waals surface area contributed by atoms with Crippen LogP contribution in [0.5, 0.6) is 5.75 Å². The third kappa shape index (κ3) is 7.13. The molecule has 44 heavy (non-hydrogen) atoms. The summed E-state index contributed by atoms with van der Waals surface area (Å²) in [5.41, 5.74) is 3.96. The van der Waals surface area contributed by atoms with Gasteiger partial charge in [0.15, 0.2) is 0 Å². The number of aromatic nitrogens is 1. The van der Waals surface area contributed by atoms with E-state index in [4.69, 9.17) is 18.9 Å². The minimum Gasteiger partial charge on any atom is -0.496 e. The quantitative estimate of drug-likeness (QED) is 0.223. The summed E-state index contributed by atoms with van der Waals surface area (Å²) in [6, 6.07) is 12.0. The Morgan fingerprint density at radius 2 is 1.66 bits per heavy atom. The maximum Gasteiger partial charge on any atom is 0.419 e. The number of fused-ring (bicyclic) bond motifs is 1. The van der Waals surface area contributed by atoms with E-state index < -0.39 is 11.7 Å². The van der Waals surface area contributed by atoms with Crippen molar-refractivity contribution in [1.29, 1.82) is 0 Å². The molecule has 8 nitrogen and oxygen atoms in total. The molecule has 0 unspecified atom stereocenters. The number of esters is 1. The minimum atomic E-state index is -0.598. The number of piperidine rings is 1. The first kappa shape index (κ1) is 30.7. The fraction of sp³-hybridized carbons (Fsp3) is 0.556. The molecule has 1 saturated heterocycles. The number of rotatable bonds is 10. The van der Waals surface area contributed by atoms with Gasteiger partial charge in [0.05, 0.1) is 30.9 Å². The molecule has 236 valence electrons. The lowest BCUT2D eigenvalue weighted by atomic mass is 9.91. The van der Waals surface area contributed by atoms with Gasteiger partial charge in [-0.1, -0.05) is 12.1 Å². The number of methoxy groups -OCH3 is 1. The van der Waals surface area contributed by atoms with Crippen molar-refractivity contribution in [2.24, 2.45) is 11.8 Å². The summed E-state index contributed by atoms with van der Waals surface area (Å²) in [6.07, 6.45) is 8.25. The summed E-state index contributed by atoms with van der Waals surface area (Å²) in [5, 5.41) is 0.979. The number of aryl methyl sites for hydroxylation is 1. The van der Waals surface area contributed by atoms with Crippen LogP contribution in [0, 0.1) is 18.8 Å². The monoisotopic (exact) mass is 602 g/mol. The van der Waals surface area contributed by atoms with Gasteiger partial charge in [-0.05, 0) is 113 Å². The zero-order valence-electron chi connectivity index (χ0n) is 26.8. The number of hydrogen-bond acceptors (Lipinski definition) is 7.